The van der Waals surface area contributed by atoms with Crippen molar-refractivity contribution in [3.05, 3.63) is 60.0 Å². The van der Waals surface area contributed by atoms with Crippen LogP contribution < -0.4 is 5.32 Å². The number of nitrogens with zero attached hydrogens (tertiary/aromatic N) is 1. The van der Waals surface area contributed by atoms with Crippen LogP contribution in [0.15, 0.2) is 54.4 Å². The summed E-state index contributed by atoms with van der Waals surface area (Å²) in [5.74, 6) is 0.136. The Morgan fingerprint density at radius 1 is 1.29 bits per heavy atom. The average Bonchev–Trinajstić information content (AvgIpc) is 3.27. The van der Waals surface area contributed by atoms with Gasteiger partial charge in [-0.15, -0.1) is 17.9 Å². The van der Waals surface area contributed by atoms with Gasteiger partial charge >= 0.3 is 0 Å². The van der Waals surface area contributed by atoms with E-state index in [4.69, 9.17) is 0 Å². The highest BCUT2D eigenvalue weighted by molar-refractivity contribution is 7.13. The second kappa shape index (κ2) is 9.20. The lowest BCUT2D eigenvalue weighted by Gasteiger charge is -2.42. The highest BCUT2D eigenvalue weighted by atomic mass is 32.1. The molecule has 0 radical (unpaired) electrons. The molecule has 28 heavy (non-hydrogen) atoms. The average molecular weight is 397 g/mol. The number of carbonyl (C=O) groups excluding carboxylic acids is 2. The molecule has 0 aliphatic carbocycles. The van der Waals surface area contributed by atoms with Crippen LogP contribution >= 0.6 is 11.3 Å². The summed E-state index contributed by atoms with van der Waals surface area (Å²) in [6.45, 7) is 7.23. The lowest BCUT2D eigenvalue weighted by molar-refractivity contribution is -0.141. The van der Waals surface area contributed by atoms with Crippen LogP contribution in [0, 0.1) is 5.41 Å². The lowest BCUT2D eigenvalue weighted by Crippen LogP contribution is -2.54. The number of hydrogen-bond donors (Lipinski definition) is 1. The van der Waals surface area contributed by atoms with Crippen molar-refractivity contribution in [1.82, 2.24) is 10.2 Å². The van der Waals surface area contributed by atoms with Crippen molar-refractivity contribution in [3.8, 4) is 10.4 Å². The number of benzene rings is 1. The Labute approximate surface area is 171 Å². The first kappa shape index (κ1) is 20.3. The third-order valence-corrected chi connectivity index (χ3v) is 6.34. The van der Waals surface area contributed by atoms with E-state index in [1.165, 1.54) is 10.4 Å². The Morgan fingerprint density at radius 3 is 2.71 bits per heavy atom. The highest BCUT2D eigenvalue weighted by Gasteiger charge is 2.43. The van der Waals surface area contributed by atoms with Gasteiger partial charge in [0.05, 0.1) is 5.41 Å². The number of nitrogens with one attached hydrogen (secondary N) is 1. The van der Waals surface area contributed by atoms with Gasteiger partial charge in [-0.2, -0.15) is 0 Å². The number of rotatable bonds is 7. The molecule has 1 aliphatic rings. The molecule has 1 aliphatic heterocycles. The van der Waals surface area contributed by atoms with E-state index in [0.717, 1.165) is 24.9 Å². The van der Waals surface area contributed by atoms with Crippen LogP contribution in [-0.4, -0.2) is 36.3 Å². The number of thiophene rings is 1. The van der Waals surface area contributed by atoms with Crippen molar-refractivity contribution in [1.29, 1.82) is 0 Å². The van der Waals surface area contributed by atoms with Crippen molar-refractivity contribution in [2.75, 3.05) is 19.6 Å². The molecule has 4 nitrogen and oxygen atoms in total. The minimum absolute atomic E-state index is 0.0170. The van der Waals surface area contributed by atoms with Crippen molar-refractivity contribution in [2.24, 2.45) is 5.41 Å². The van der Waals surface area contributed by atoms with Crippen LogP contribution in [-0.2, 0) is 16.0 Å². The number of hydrogen-bond acceptors (Lipinski definition) is 3. The minimum atomic E-state index is -0.587. The van der Waals surface area contributed by atoms with E-state index in [0.29, 0.717) is 25.9 Å². The van der Waals surface area contributed by atoms with Crippen LogP contribution in [0.25, 0.3) is 10.4 Å². The number of amides is 2. The molecule has 3 rings (SSSR count). The fourth-order valence-electron chi connectivity index (χ4n) is 3.95. The maximum Gasteiger partial charge on any atom is 0.228 e. The molecule has 0 saturated carbocycles. The predicted octanol–water partition coefficient (Wildman–Crippen LogP) is 4.28. The molecular weight excluding hydrogens is 368 g/mol. The molecule has 0 bridgehead atoms. The lowest BCUT2D eigenvalue weighted by atomic mass is 9.74. The zero-order valence-corrected chi connectivity index (χ0v) is 17.3. The van der Waals surface area contributed by atoms with E-state index in [9.17, 15) is 9.59 Å². The van der Waals surface area contributed by atoms with Gasteiger partial charge in [0.15, 0.2) is 0 Å². The first-order valence-corrected chi connectivity index (χ1v) is 10.8. The summed E-state index contributed by atoms with van der Waals surface area (Å²) < 4.78 is 0. The molecule has 2 amide bonds. The van der Waals surface area contributed by atoms with Gasteiger partial charge in [-0.1, -0.05) is 43.3 Å². The molecular formula is C23H28N2O2S. The summed E-state index contributed by atoms with van der Waals surface area (Å²) in [6, 6.07) is 12.6. The van der Waals surface area contributed by atoms with Crippen molar-refractivity contribution >= 4 is 23.2 Å². The van der Waals surface area contributed by atoms with Gasteiger partial charge in [-0.3, -0.25) is 9.59 Å². The Balaban J connectivity index is 1.83. The van der Waals surface area contributed by atoms with E-state index in [1.54, 1.807) is 17.4 Å². The van der Waals surface area contributed by atoms with Gasteiger partial charge in [0.2, 0.25) is 11.8 Å². The van der Waals surface area contributed by atoms with Crippen molar-refractivity contribution in [3.63, 3.8) is 0 Å². The van der Waals surface area contributed by atoms with Crippen LogP contribution in [0.2, 0.25) is 0 Å². The molecule has 2 aromatic rings. The Hall–Kier alpha value is -2.40. The predicted molar refractivity (Wildman–Crippen MR) is 115 cm³/mol. The minimum Gasteiger partial charge on any atom is -0.352 e. The molecule has 1 saturated heterocycles. The zero-order valence-electron chi connectivity index (χ0n) is 16.4. The monoisotopic (exact) mass is 396 g/mol. The molecule has 1 N–H and O–H groups in total. The summed E-state index contributed by atoms with van der Waals surface area (Å²) >= 11 is 1.72. The largest absolute Gasteiger partial charge is 0.352 e. The molecule has 0 spiro atoms. The van der Waals surface area contributed by atoms with E-state index >= 15 is 0 Å². The number of carbonyl (C=O) groups is 2. The van der Waals surface area contributed by atoms with Crippen LogP contribution in [0.5, 0.6) is 0 Å². The maximum atomic E-state index is 13.1. The quantitative estimate of drug-likeness (QED) is 0.710. The van der Waals surface area contributed by atoms with E-state index < -0.39 is 5.41 Å². The third-order valence-electron chi connectivity index (χ3n) is 5.42. The molecule has 2 heterocycles. The summed E-state index contributed by atoms with van der Waals surface area (Å²) in [4.78, 5) is 28.5. The van der Waals surface area contributed by atoms with Crippen LogP contribution in [0.1, 0.15) is 31.7 Å². The summed E-state index contributed by atoms with van der Waals surface area (Å²) in [6.07, 6.45) is 4.43. The van der Waals surface area contributed by atoms with E-state index in [-0.39, 0.29) is 11.8 Å². The molecule has 1 aromatic carbocycles. The molecule has 148 valence electrons. The Morgan fingerprint density at radius 2 is 2.07 bits per heavy atom. The molecule has 0 unspecified atom stereocenters. The second-order valence-electron chi connectivity index (χ2n) is 7.40. The molecule has 5 heteroatoms. The number of likely N-dealkylation sites (tertiary alicyclic amines) is 1. The van der Waals surface area contributed by atoms with Crippen LogP contribution in [0.4, 0.5) is 0 Å². The maximum absolute atomic E-state index is 13.1. The van der Waals surface area contributed by atoms with Crippen molar-refractivity contribution < 1.29 is 9.59 Å². The summed E-state index contributed by atoms with van der Waals surface area (Å²) in [7, 11) is 0. The summed E-state index contributed by atoms with van der Waals surface area (Å²) in [5, 5.41) is 5.05. The smallest absolute Gasteiger partial charge is 0.228 e. The first-order chi connectivity index (χ1) is 13.6. The summed E-state index contributed by atoms with van der Waals surface area (Å²) in [5.41, 5.74) is 1.73. The normalized spacial score (nSPS) is 19.2. The molecule has 1 atom stereocenters. The van der Waals surface area contributed by atoms with E-state index in [2.05, 4.69) is 47.6 Å². The van der Waals surface area contributed by atoms with Crippen molar-refractivity contribution in [2.45, 2.75) is 32.6 Å². The SMILES string of the molecule is C=CCNC(=O)[C@@]1(Cc2ccc(-c3cccs3)cc2)CCCN(C(=O)CC)C1. The van der Waals surface area contributed by atoms with Gasteiger partial charge in [-0.25, -0.2) is 0 Å². The molecule has 1 aromatic heterocycles. The Bertz CT molecular complexity index is 814. The standard InChI is InChI=1S/C23H28N2O2S/c1-3-13-24-22(27)23(12-6-14-25(17-23)21(26)4-2)16-18-8-10-19(11-9-18)20-7-5-15-28-20/h3,5,7-11,15H,1,4,6,12-14,16-17H2,2H3,(H,24,27)/t23-/m1/s1. The van der Waals surface area contributed by atoms with E-state index in [1.807, 2.05) is 17.9 Å². The fourth-order valence-corrected chi connectivity index (χ4v) is 4.68. The molecule has 1 fully saturated rings. The highest BCUT2D eigenvalue weighted by Crippen LogP contribution is 2.35. The van der Waals surface area contributed by atoms with Crippen LogP contribution in [0.3, 0.4) is 0 Å². The second-order valence-corrected chi connectivity index (χ2v) is 8.35. The number of piperidine rings is 1. The van der Waals surface area contributed by atoms with Gasteiger partial charge in [0.1, 0.15) is 0 Å². The van der Waals surface area contributed by atoms with Gasteiger partial charge in [0.25, 0.3) is 0 Å². The fraction of sp³-hybridized carbons (Fsp3) is 0.391. The third kappa shape index (κ3) is 4.53. The topological polar surface area (TPSA) is 49.4 Å². The zero-order chi connectivity index (χ0) is 20.0. The van der Waals surface area contributed by atoms with Gasteiger partial charge < -0.3 is 10.2 Å². The Kier molecular flexibility index (Phi) is 6.68. The van der Waals surface area contributed by atoms with Gasteiger partial charge in [-0.05, 0) is 41.8 Å². The first-order valence-electron chi connectivity index (χ1n) is 9.88. The van der Waals surface area contributed by atoms with Gasteiger partial charge in [0, 0.05) is 30.9 Å².